The molecule has 0 radical (unpaired) electrons. The Morgan fingerprint density at radius 2 is 2.00 bits per heavy atom. The lowest BCUT2D eigenvalue weighted by Crippen LogP contribution is -1.99. The normalized spacial score (nSPS) is 13.6. The van der Waals surface area contributed by atoms with E-state index in [0.717, 1.165) is 5.75 Å². The van der Waals surface area contributed by atoms with Gasteiger partial charge in [0.15, 0.2) is 0 Å². The fraction of sp³-hybridized carbons (Fsp3) is 1.00. The van der Waals surface area contributed by atoms with Crippen LogP contribution in [0.1, 0.15) is 39.5 Å². The fourth-order valence-electron chi connectivity index (χ4n) is 0.941. The number of hydrogen-bond acceptors (Lipinski definition) is 4. The van der Waals surface area contributed by atoms with E-state index < -0.39 is 8.60 Å². The van der Waals surface area contributed by atoms with Crippen LogP contribution in [0.5, 0.6) is 0 Å². The van der Waals surface area contributed by atoms with Gasteiger partial charge in [-0.3, -0.25) is 4.52 Å². The van der Waals surface area contributed by atoms with Gasteiger partial charge in [0, 0.05) is 0 Å². The smallest absolute Gasteiger partial charge is 0.328 e. The minimum absolute atomic E-state index is 0.109. The van der Waals surface area contributed by atoms with E-state index in [1.54, 1.807) is 11.8 Å². The van der Waals surface area contributed by atoms with Crippen LogP contribution in [-0.4, -0.2) is 21.0 Å². The van der Waals surface area contributed by atoms with Crippen molar-refractivity contribution in [1.82, 2.24) is 0 Å². The Hall–Kier alpha value is 0.660. The third-order valence-electron chi connectivity index (χ3n) is 1.59. The van der Waals surface area contributed by atoms with Crippen LogP contribution in [0.3, 0.4) is 0 Å². The third-order valence-corrected chi connectivity index (χ3v) is 3.33. The molecule has 1 unspecified atom stereocenters. The second kappa shape index (κ2) is 9.22. The summed E-state index contributed by atoms with van der Waals surface area (Å²) in [7, 11) is -2.19. The van der Waals surface area contributed by atoms with Gasteiger partial charge in [-0.1, -0.05) is 26.2 Å². The maximum absolute atomic E-state index is 8.55. The molecule has 0 aromatic heterocycles. The summed E-state index contributed by atoms with van der Waals surface area (Å²) in [6, 6.07) is 0. The SMILES string of the molecule is CCCCCCSC(C)OP(O)O. The molecule has 0 bridgehead atoms. The van der Waals surface area contributed by atoms with Crippen LogP contribution in [0.2, 0.25) is 0 Å². The lowest BCUT2D eigenvalue weighted by Gasteiger charge is -2.11. The molecule has 5 heteroatoms. The third kappa shape index (κ3) is 10.6. The molecule has 0 amide bonds. The maximum Gasteiger partial charge on any atom is 0.328 e. The first-order valence-corrected chi connectivity index (χ1v) is 6.84. The molecule has 0 aromatic rings. The summed E-state index contributed by atoms with van der Waals surface area (Å²) in [6.07, 6.45) is 4.96. The average molecular weight is 226 g/mol. The molecule has 80 valence electrons. The van der Waals surface area contributed by atoms with Gasteiger partial charge in [-0.2, -0.15) is 0 Å². The van der Waals surface area contributed by atoms with E-state index in [4.69, 9.17) is 14.3 Å². The Kier molecular flexibility index (Phi) is 9.69. The Morgan fingerprint density at radius 1 is 1.31 bits per heavy atom. The van der Waals surface area contributed by atoms with Crippen LogP contribution in [0.25, 0.3) is 0 Å². The molecule has 0 fully saturated rings. The number of thioether (sulfide) groups is 1. The molecule has 0 saturated heterocycles. The first kappa shape index (κ1) is 13.7. The molecule has 0 aromatic carbocycles. The Bertz CT molecular complexity index is 114. The van der Waals surface area contributed by atoms with Crippen LogP contribution < -0.4 is 0 Å². The highest BCUT2D eigenvalue weighted by atomic mass is 32.2. The van der Waals surface area contributed by atoms with Gasteiger partial charge in [-0.15, -0.1) is 11.8 Å². The predicted molar refractivity (Wildman–Crippen MR) is 58.5 cm³/mol. The van der Waals surface area contributed by atoms with Crippen molar-refractivity contribution in [2.75, 3.05) is 5.75 Å². The second-order valence-corrected chi connectivity index (χ2v) is 4.98. The van der Waals surface area contributed by atoms with Crippen LogP contribution in [-0.2, 0) is 4.52 Å². The highest BCUT2D eigenvalue weighted by molar-refractivity contribution is 7.99. The van der Waals surface area contributed by atoms with E-state index in [1.807, 2.05) is 6.92 Å². The number of rotatable bonds is 8. The summed E-state index contributed by atoms with van der Waals surface area (Å²) >= 11 is 1.63. The zero-order valence-electron chi connectivity index (χ0n) is 8.27. The predicted octanol–water partition coefficient (Wildman–Crippen LogP) is 2.87. The van der Waals surface area contributed by atoms with E-state index in [9.17, 15) is 0 Å². The Labute approximate surface area is 85.9 Å². The molecule has 0 rings (SSSR count). The molecule has 0 aliphatic carbocycles. The fourth-order valence-corrected chi connectivity index (χ4v) is 2.38. The Morgan fingerprint density at radius 3 is 2.54 bits per heavy atom. The minimum Gasteiger partial charge on any atom is -0.328 e. The zero-order valence-corrected chi connectivity index (χ0v) is 9.98. The summed E-state index contributed by atoms with van der Waals surface area (Å²) in [5, 5.41) is 0. The number of hydrogen-bond donors (Lipinski definition) is 2. The minimum atomic E-state index is -2.19. The first-order chi connectivity index (χ1) is 6.16. The molecule has 0 aliphatic rings. The molecule has 2 N–H and O–H groups in total. The van der Waals surface area contributed by atoms with Gasteiger partial charge in [0.25, 0.3) is 0 Å². The van der Waals surface area contributed by atoms with Crippen molar-refractivity contribution in [2.24, 2.45) is 0 Å². The molecule has 0 spiro atoms. The van der Waals surface area contributed by atoms with Crippen molar-refractivity contribution < 1.29 is 14.3 Å². The van der Waals surface area contributed by atoms with E-state index in [1.165, 1.54) is 25.7 Å². The van der Waals surface area contributed by atoms with Crippen molar-refractivity contribution in [2.45, 2.75) is 45.0 Å². The van der Waals surface area contributed by atoms with Crippen LogP contribution in [0.15, 0.2) is 0 Å². The van der Waals surface area contributed by atoms with Crippen molar-refractivity contribution in [3.63, 3.8) is 0 Å². The lowest BCUT2D eigenvalue weighted by atomic mass is 10.2. The second-order valence-electron chi connectivity index (χ2n) is 2.86. The van der Waals surface area contributed by atoms with Crippen molar-refractivity contribution in [3.05, 3.63) is 0 Å². The topological polar surface area (TPSA) is 49.7 Å². The quantitative estimate of drug-likeness (QED) is 0.379. The van der Waals surface area contributed by atoms with E-state index in [2.05, 4.69) is 6.92 Å². The average Bonchev–Trinajstić information content (AvgIpc) is 2.02. The summed E-state index contributed by atoms with van der Waals surface area (Å²) in [4.78, 5) is 17.1. The highest BCUT2D eigenvalue weighted by Crippen LogP contribution is 2.31. The highest BCUT2D eigenvalue weighted by Gasteiger charge is 2.07. The van der Waals surface area contributed by atoms with Gasteiger partial charge in [-0.05, 0) is 19.1 Å². The van der Waals surface area contributed by atoms with Crippen molar-refractivity contribution >= 4 is 20.4 Å². The van der Waals surface area contributed by atoms with Gasteiger partial charge in [0.2, 0.25) is 0 Å². The summed E-state index contributed by atoms with van der Waals surface area (Å²) in [6.45, 7) is 4.02. The van der Waals surface area contributed by atoms with Gasteiger partial charge in [0.1, 0.15) is 5.44 Å². The molecule has 1 atom stereocenters. The van der Waals surface area contributed by atoms with Crippen LogP contribution >= 0.6 is 20.4 Å². The Balaban J connectivity index is 3.12. The van der Waals surface area contributed by atoms with Crippen LogP contribution in [0, 0.1) is 0 Å². The van der Waals surface area contributed by atoms with E-state index >= 15 is 0 Å². The monoisotopic (exact) mass is 226 g/mol. The molecule has 0 saturated carbocycles. The molecule has 0 aliphatic heterocycles. The summed E-state index contributed by atoms with van der Waals surface area (Å²) in [5.41, 5.74) is -0.109. The van der Waals surface area contributed by atoms with E-state index in [0.29, 0.717) is 0 Å². The molecule has 0 heterocycles. The lowest BCUT2D eigenvalue weighted by molar-refractivity contribution is 0.248. The summed E-state index contributed by atoms with van der Waals surface area (Å²) < 4.78 is 4.80. The molecular weight excluding hydrogens is 207 g/mol. The maximum atomic E-state index is 8.55. The molecule has 3 nitrogen and oxygen atoms in total. The van der Waals surface area contributed by atoms with Gasteiger partial charge < -0.3 is 9.79 Å². The standard InChI is InChI=1S/C8H19O3PS/c1-3-4-5-6-7-13-8(2)11-12(9)10/h8-10H,3-7H2,1-2H3. The van der Waals surface area contributed by atoms with E-state index in [-0.39, 0.29) is 5.44 Å². The van der Waals surface area contributed by atoms with Gasteiger partial charge in [0.05, 0.1) is 0 Å². The molecular formula is C8H19O3PS. The first-order valence-electron chi connectivity index (χ1n) is 4.63. The molecule has 13 heavy (non-hydrogen) atoms. The van der Waals surface area contributed by atoms with Gasteiger partial charge in [-0.25, -0.2) is 0 Å². The van der Waals surface area contributed by atoms with Crippen molar-refractivity contribution in [3.8, 4) is 0 Å². The van der Waals surface area contributed by atoms with Gasteiger partial charge >= 0.3 is 8.60 Å². The summed E-state index contributed by atoms with van der Waals surface area (Å²) in [5.74, 6) is 1.03. The largest absolute Gasteiger partial charge is 0.328 e. The van der Waals surface area contributed by atoms with Crippen LogP contribution in [0.4, 0.5) is 0 Å². The zero-order chi connectivity index (χ0) is 10.1. The number of unbranched alkanes of at least 4 members (excludes halogenated alkanes) is 3. The van der Waals surface area contributed by atoms with Crippen molar-refractivity contribution in [1.29, 1.82) is 0 Å².